The third-order valence-corrected chi connectivity index (χ3v) is 4.12. The molecule has 1 fully saturated rings. The van der Waals surface area contributed by atoms with Crippen molar-refractivity contribution in [3.8, 4) is 0 Å². The molecule has 2 rings (SSSR count). The lowest BCUT2D eigenvalue weighted by Crippen LogP contribution is -2.26. The van der Waals surface area contributed by atoms with Crippen molar-refractivity contribution in [2.45, 2.75) is 52.6 Å². The molecule has 1 aromatic heterocycles. The van der Waals surface area contributed by atoms with E-state index in [0.29, 0.717) is 6.04 Å². The van der Waals surface area contributed by atoms with Crippen LogP contribution in [-0.2, 0) is 6.54 Å². The first-order valence-corrected chi connectivity index (χ1v) is 7.99. The molecular weight excluding hydrogens is 242 g/mol. The van der Waals surface area contributed by atoms with Crippen molar-refractivity contribution in [1.29, 1.82) is 0 Å². The second-order valence-electron chi connectivity index (χ2n) is 5.55. The molecule has 1 aliphatic carbocycles. The average Bonchev–Trinajstić information content (AvgIpc) is 3.02. The van der Waals surface area contributed by atoms with Crippen molar-refractivity contribution in [3.63, 3.8) is 0 Å². The number of nitrogens with zero attached hydrogens (tertiary/aromatic N) is 2. The molecule has 0 spiro atoms. The van der Waals surface area contributed by atoms with Crippen LogP contribution in [0.4, 0.5) is 5.13 Å². The SMILES string of the molecule is CCCN(CC1CC1)c1nc(CNC(C)C)cs1. The molecular formula is C14H25N3S. The monoisotopic (exact) mass is 267 g/mol. The molecule has 0 aromatic carbocycles. The lowest BCUT2D eigenvalue weighted by atomic mass is 10.3. The summed E-state index contributed by atoms with van der Waals surface area (Å²) in [6.07, 6.45) is 4.02. The Kier molecular flexibility index (Phi) is 5.01. The van der Waals surface area contributed by atoms with Crippen molar-refractivity contribution in [1.82, 2.24) is 10.3 Å². The molecule has 1 aromatic rings. The van der Waals surface area contributed by atoms with E-state index in [0.717, 1.165) is 19.0 Å². The van der Waals surface area contributed by atoms with Gasteiger partial charge in [0.15, 0.2) is 5.13 Å². The standard InChI is InChI=1S/C14H25N3S/c1-4-7-17(9-12-5-6-12)14-16-13(10-18-14)8-15-11(2)3/h10-12,15H,4-9H2,1-3H3. The minimum atomic E-state index is 0.522. The molecule has 3 nitrogen and oxygen atoms in total. The van der Waals surface area contributed by atoms with E-state index in [-0.39, 0.29) is 0 Å². The van der Waals surface area contributed by atoms with Crippen molar-refractivity contribution in [2.75, 3.05) is 18.0 Å². The third-order valence-electron chi connectivity index (χ3n) is 3.17. The summed E-state index contributed by atoms with van der Waals surface area (Å²) in [6, 6.07) is 0.522. The molecule has 1 aliphatic rings. The molecule has 0 saturated heterocycles. The number of rotatable bonds is 8. The van der Waals surface area contributed by atoms with Gasteiger partial charge in [-0.05, 0) is 25.2 Å². The summed E-state index contributed by atoms with van der Waals surface area (Å²) in [6.45, 7) is 9.82. The van der Waals surface area contributed by atoms with Crippen molar-refractivity contribution < 1.29 is 0 Å². The van der Waals surface area contributed by atoms with E-state index in [1.807, 2.05) is 0 Å². The molecule has 0 bridgehead atoms. The van der Waals surface area contributed by atoms with Crippen molar-refractivity contribution >= 4 is 16.5 Å². The fourth-order valence-electron chi connectivity index (χ4n) is 1.98. The van der Waals surface area contributed by atoms with Crippen LogP contribution in [0.5, 0.6) is 0 Å². The highest BCUT2D eigenvalue weighted by atomic mass is 32.1. The normalized spacial score (nSPS) is 15.3. The molecule has 0 radical (unpaired) electrons. The first-order chi connectivity index (χ1) is 8.69. The number of aromatic nitrogens is 1. The van der Waals surface area contributed by atoms with Crippen LogP contribution in [-0.4, -0.2) is 24.1 Å². The van der Waals surface area contributed by atoms with Gasteiger partial charge in [-0.2, -0.15) is 0 Å². The lowest BCUT2D eigenvalue weighted by molar-refractivity contribution is 0.582. The molecule has 1 heterocycles. The first-order valence-electron chi connectivity index (χ1n) is 7.11. The van der Waals surface area contributed by atoms with E-state index < -0.39 is 0 Å². The van der Waals surface area contributed by atoms with Gasteiger partial charge in [0.1, 0.15) is 0 Å². The van der Waals surface area contributed by atoms with E-state index in [4.69, 9.17) is 4.98 Å². The molecule has 102 valence electrons. The fraction of sp³-hybridized carbons (Fsp3) is 0.786. The number of anilines is 1. The van der Waals surface area contributed by atoms with Gasteiger partial charge in [0.2, 0.25) is 0 Å². The molecule has 1 saturated carbocycles. The van der Waals surface area contributed by atoms with Gasteiger partial charge in [0.25, 0.3) is 0 Å². The zero-order valence-corrected chi connectivity index (χ0v) is 12.6. The maximum Gasteiger partial charge on any atom is 0.185 e. The molecule has 0 unspecified atom stereocenters. The second-order valence-corrected chi connectivity index (χ2v) is 6.38. The Hall–Kier alpha value is -0.610. The van der Waals surface area contributed by atoms with Crippen LogP contribution in [0.15, 0.2) is 5.38 Å². The highest BCUT2D eigenvalue weighted by Crippen LogP contribution is 2.32. The summed E-state index contributed by atoms with van der Waals surface area (Å²) in [5.74, 6) is 0.928. The zero-order valence-electron chi connectivity index (χ0n) is 11.8. The van der Waals surface area contributed by atoms with Crippen molar-refractivity contribution in [2.24, 2.45) is 5.92 Å². The summed E-state index contributed by atoms with van der Waals surface area (Å²) in [4.78, 5) is 7.24. The van der Waals surface area contributed by atoms with Gasteiger partial charge in [0.05, 0.1) is 5.69 Å². The maximum absolute atomic E-state index is 4.76. The topological polar surface area (TPSA) is 28.2 Å². The van der Waals surface area contributed by atoms with Crippen molar-refractivity contribution in [3.05, 3.63) is 11.1 Å². The highest BCUT2D eigenvalue weighted by Gasteiger charge is 2.25. The average molecular weight is 267 g/mol. The number of hydrogen-bond donors (Lipinski definition) is 1. The van der Waals surface area contributed by atoms with E-state index in [1.54, 1.807) is 11.3 Å². The van der Waals surface area contributed by atoms with E-state index in [1.165, 1.54) is 36.6 Å². The minimum Gasteiger partial charge on any atom is -0.348 e. The van der Waals surface area contributed by atoms with Gasteiger partial charge in [0, 0.05) is 31.1 Å². The molecule has 0 atom stereocenters. The third kappa shape index (κ3) is 4.25. The van der Waals surface area contributed by atoms with Gasteiger partial charge >= 0.3 is 0 Å². The fourth-order valence-corrected chi connectivity index (χ4v) is 2.84. The van der Waals surface area contributed by atoms with Crippen LogP contribution in [0.1, 0.15) is 45.7 Å². The first kappa shape index (κ1) is 13.8. The largest absolute Gasteiger partial charge is 0.348 e. The van der Waals surface area contributed by atoms with Gasteiger partial charge in [-0.3, -0.25) is 0 Å². The zero-order chi connectivity index (χ0) is 13.0. The predicted molar refractivity (Wildman–Crippen MR) is 79.3 cm³/mol. The van der Waals surface area contributed by atoms with E-state index in [9.17, 15) is 0 Å². The van der Waals surface area contributed by atoms with Crippen LogP contribution in [0.3, 0.4) is 0 Å². The Morgan fingerprint density at radius 2 is 2.28 bits per heavy atom. The summed E-state index contributed by atoms with van der Waals surface area (Å²) >= 11 is 1.79. The number of hydrogen-bond acceptors (Lipinski definition) is 4. The second kappa shape index (κ2) is 6.53. The summed E-state index contributed by atoms with van der Waals surface area (Å²) in [7, 11) is 0. The van der Waals surface area contributed by atoms with Gasteiger partial charge in [-0.1, -0.05) is 20.8 Å². The quantitative estimate of drug-likeness (QED) is 0.783. The Bertz CT molecular complexity index is 358. The molecule has 4 heteroatoms. The Morgan fingerprint density at radius 3 is 2.89 bits per heavy atom. The molecule has 1 N–H and O–H groups in total. The number of nitrogens with one attached hydrogen (secondary N) is 1. The minimum absolute atomic E-state index is 0.522. The van der Waals surface area contributed by atoms with Gasteiger partial charge in [-0.15, -0.1) is 11.3 Å². The smallest absolute Gasteiger partial charge is 0.185 e. The van der Waals surface area contributed by atoms with Crippen LogP contribution >= 0.6 is 11.3 Å². The van der Waals surface area contributed by atoms with Gasteiger partial charge < -0.3 is 10.2 Å². The Morgan fingerprint density at radius 1 is 1.50 bits per heavy atom. The van der Waals surface area contributed by atoms with Gasteiger partial charge in [-0.25, -0.2) is 4.98 Å². The lowest BCUT2D eigenvalue weighted by Gasteiger charge is -2.20. The maximum atomic E-state index is 4.76. The highest BCUT2D eigenvalue weighted by molar-refractivity contribution is 7.13. The number of thiazole rings is 1. The van der Waals surface area contributed by atoms with E-state index >= 15 is 0 Å². The summed E-state index contributed by atoms with van der Waals surface area (Å²) in [5, 5.41) is 6.83. The van der Waals surface area contributed by atoms with E-state index in [2.05, 4.69) is 36.4 Å². The molecule has 0 amide bonds. The van der Waals surface area contributed by atoms with Crippen LogP contribution in [0.2, 0.25) is 0 Å². The van der Waals surface area contributed by atoms with Crippen LogP contribution in [0, 0.1) is 5.92 Å². The Labute approximate surface area is 115 Å². The summed E-state index contributed by atoms with van der Waals surface area (Å²) in [5.41, 5.74) is 1.18. The van der Waals surface area contributed by atoms with Crippen LogP contribution in [0.25, 0.3) is 0 Å². The molecule has 18 heavy (non-hydrogen) atoms. The van der Waals surface area contributed by atoms with Crippen LogP contribution < -0.4 is 10.2 Å². The Balaban J connectivity index is 1.92. The summed E-state index contributed by atoms with van der Waals surface area (Å²) < 4.78 is 0. The predicted octanol–water partition coefficient (Wildman–Crippen LogP) is 3.27. The molecule has 0 aliphatic heterocycles.